The molecule has 0 radical (unpaired) electrons. The molecule has 2 aromatic carbocycles. The second kappa shape index (κ2) is 9.38. The van der Waals surface area contributed by atoms with Gasteiger partial charge in [-0.1, -0.05) is 18.2 Å². The van der Waals surface area contributed by atoms with Gasteiger partial charge in [0, 0.05) is 19.0 Å². The molecule has 34 heavy (non-hydrogen) atoms. The van der Waals surface area contributed by atoms with Crippen molar-refractivity contribution in [1.29, 1.82) is 0 Å². The van der Waals surface area contributed by atoms with Crippen LogP contribution < -0.4 is 10.9 Å². The molecule has 0 aliphatic carbocycles. The van der Waals surface area contributed by atoms with Crippen molar-refractivity contribution in [2.75, 3.05) is 6.54 Å². The summed E-state index contributed by atoms with van der Waals surface area (Å²) in [6.07, 6.45) is 3.05. The maximum absolute atomic E-state index is 14.4. The minimum Gasteiger partial charge on any atom is -0.356 e. The van der Waals surface area contributed by atoms with E-state index in [-0.39, 0.29) is 23.4 Å². The molecule has 0 saturated carbocycles. The number of carbonyl (C=O) groups excluding carboxylic acids is 2. The Hall–Kier alpha value is -4.14. The molecule has 0 fully saturated rings. The molecule has 0 bridgehead atoms. The molecule has 0 spiro atoms. The Balaban J connectivity index is 1.56. The molecule has 0 unspecified atom stereocenters. The average molecular weight is 461 g/mol. The van der Waals surface area contributed by atoms with E-state index in [1.807, 2.05) is 32.0 Å². The van der Waals surface area contributed by atoms with E-state index in [4.69, 9.17) is 0 Å². The lowest BCUT2D eigenvalue weighted by Gasteiger charge is -2.09. The van der Waals surface area contributed by atoms with Gasteiger partial charge in [0.1, 0.15) is 17.5 Å². The summed E-state index contributed by atoms with van der Waals surface area (Å²) in [6.45, 7) is 5.37. The summed E-state index contributed by atoms with van der Waals surface area (Å²) >= 11 is 0. The first-order valence-electron chi connectivity index (χ1n) is 10.8. The van der Waals surface area contributed by atoms with Gasteiger partial charge < -0.3 is 5.32 Å². The smallest absolute Gasteiger partial charge is 0.264 e. The van der Waals surface area contributed by atoms with Crippen LogP contribution in [0.1, 0.15) is 34.0 Å². The standard InChI is InChI=1S/C25H24FN5O3/c1-15-8-16(2)10-20(9-15)31-24-21(12-29-31)25(34)30(14-28-24)13-23(33)19-5-4-18(22(26)11-19)6-7-27-17(3)32/h4-5,8-12,14H,6-7,13H2,1-3H3,(H,27,32). The highest BCUT2D eigenvalue weighted by atomic mass is 19.1. The summed E-state index contributed by atoms with van der Waals surface area (Å²) in [5.74, 6) is -1.15. The average Bonchev–Trinajstić information content (AvgIpc) is 3.21. The van der Waals surface area contributed by atoms with Gasteiger partial charge in [0.2, 0.25) is 5.91 Å². The number of hydrogen-bond acceptors (Lipinski definition) is 5. The van der Waals surface area contributed by atoms with Crippen LogP contribution in [0.3, 0.4) is 0 Å². The van der Waals surface area contributed by atoms with Gasteiger partial charge in [-0.2, -0.15) is 5.10 Å². The number of halogens is 1. The summed E-state index contributed by atoms with van der Waals surface area (Å²) in [5.41, 5.74) is 3.46. The Morgan fingerprint density at radius 2 is 1.82 bits per heavy atom. The first-order chi connectivity index (χ1) is 16.2. The first-order valence-corrected chi connectivity index (χ1v) is 10.8. The van der Waals surface area contributed by atoms with Crippen LogP contribution in [0, 0.1) is 19.7 Å². The third kappa shape index (κ3) is 4.78. The molecule has 9 heteroatoms. The molecule has 2 heterocycles. The van der Waals surface area contributed by atoms with Gasteiger partial charge in [-0.05, 0) is 55.2 Å². The second-order valence-corrected chi connectivity index (χ2v) is 8.28. The second-order valence-electron chi connectivity index (χ2n) is 8.28. The van der Waals surface area contributed by atoms with E-state index in [1.54, 1.807) is 4.68 Å². The Morgan fingerprint density at radius 1 is 1.09 bits per heavy atom. The highest BCUT2D eigenvalue weighted by molar-refractivity contribution is 5.96. The minimum atomic E-state index is -0.535. The number of nitrogens with one attached hydrogen (secondary N) is 1. The normalized spacial score (nSPS) is 11.1. The summed E-state index contributed by atoms with van der Waals surface area (Å²) < 4.78 is 17.2. The van der Waals surface area contributed by atoms with E-state index in [0.29, 0.717) is 24.2 Å². The quantitative estimate of drug-likeness (QED) is 0.427. The highest BCUT2D eigenvalue weighted by Gasteiger charge is 2.16. The van der Waals surface area contributed by atoms with Crippen LogP contribution in [-0.2, 0) is 17.8 Å². The predicted octanol–water partition coefficient (Wildman–Crippen LogP) is 2.90. The fourth-order valence-corrected chi connectivity index (χ4v) is 3.87. The van der Waals surface area contributed by atoms with Crippen LogP contribution in [0.15, 0.2) is 53.7 Å². The van der Waals surface area contributed by atoms with Crippen molar-refractivity contribution in [3.05, 3.63) is 87.3 Å². The van der Waals surface area contributed by atoms with Gasteiger partial charge in [0.05, 0.1) is 18.4 Å². The number of hydrogen-bond donors (Lipinski definition) is 1. The Labute approximate surface area is 195 Å². The van der Waals surface area contributed by atoms with Gasteiger partial charge in [-0.25, -0.2) is 14.1 Å². The number of ketones is 1. The number of aryl methyl sites for hydroxylation is 2. The van der Waals surface area contributed by atoms with Crippen LogP contribution in [0.5, 0.6) is 0 Å². The first kappa shape index (κ1) is 23.0. The molecular formula is C25H24FN5O3. The molecular weight excluding hydrogens is 437 g/mol. The zero-order valence-corrected chi connectivity index (χ0v) is 19.1. The SMILES string of the molecule is CC(=O)NCCc1ccc(C(=O)Cn2cnc3c(cnn3-c3cc(C)cc(C)c3)c2=O)cc1F. The van der Waals surface area contributed by atoms with Gasteiger partial charge in [-0.15, -0.1) is 0 Å². The molecule has 2 aromatic heterocycles. The Kier molecular flexibility index (Phi) is 6.36. The molecule has 8 nitrogen and oxygen atoms in total. The summed E-state index contributed by atoms with van der Waals surface area (Å²) in [6, 6.07) is 10.1. The fourth-order valence-electron chi connectivity index (χ4n) is 3.87. The zero-order valence-electron chi connectivity index (χ0n) is 19.1. The molecule has 0 saturated heterocycles. The van der Waals surface area contributed by atoms with Crippen molar-refractivity contribution >= 4 is 22.7 Å². The maximum Gasteiger partial charge on any atom is 0.264 e. The van der Waals surface area contributed by atoms with Crippen molar-refractivity contribution < 1.29 is 14.0 Å². The van der Waals surface area contributed by atoms with E-state index in [0.717, 1.165) is 22.9 Å². The Morgan fingerprint density at radius 3 is 2.50 bits per heavy atom. The minimum absolute atomic E-state index is 0.152. The summed E-state index contributed by atoms with van der Waals surface area (Å²) in [4.78, 5) is 41.0. The van der Waals surface area contributed by atoms with E-state index in [9.17, 15) is 18.8 Å². The van der Waals surface area contributed by atoms with Gasteiger partial charge in [0.15, 0.2) is 11.4 Å². The van der Waals surface area contributed by atoms with E-state index in [2.05, 4.69) is 15.4 Å². The number of benzene rings is 2. The topological polar surface area (TPSA) is 98.9 Å². The largest absolute Gasteiger partial charge is 0.356 e. The molecule has 0 aliphatic heterocycles. The highest BCUT2D eigenvalue weighted by Crippen LogP contribution is 2.17. The monoisotopic (exact) mass is 461 g/mol. The van der Waals surface area contributed by atoms with E-state index in [1.165, 1.54) is 36.1 Å². The van der Waals surface area contributed by atoms with Gasteiger partial charge in [0.25, 0.3) is 5.56 Å². The van der Waals surface area contributed by atoms with Crippen molar-refractivity contribution in [1.82, 2.24) is 24.6 Å². The van der Waals surface area contributed by atoms with Crippen LogP contribution in [0.2, 0.25) is 0 Å². The summed E-state index contributed by atoms with van der Waals surface area (Å²) in [7, 11) is 0. The lowest BCUT2D eigenvalue weighted by molar-refractivity contribution is -0.118. The molecule has 1 N–H and O–H groups in total. The Bertz CT molecular complexity index is 1450. The van der Waals surface area contributed by atoms with Crippen LogP contribution in [-0.4, -0.2) is 37.6 Å². The number of nitrogens with zero attached hydrogens (tertiary/aromatic N) is 4. The molecule has 174 valence electrons. The van der Waals surface area contributed by atoms with Crippen LogP contribution in [0.4, 0.5) is 4.39 Å². The molecule has 1 amide bonds. The van der Waals surface area contributed by atoms with Gasteiger partial charge >= 0.3 is 0 Å². The van der Waals surface area contributed by atoms with E-state index >= 15 is 0 Å². The van der Waals surface area contributed by atoms with Gasteiger partial charge in [-0.3, -0.25) is 19.0 Å². The molecule has 0 atom stereocenters. The third-order valence-corrected chi connectivity index (χ3v) is 5.46. The van der Waals surface area contributed by atoms with Crippen LogP contribution in [0.25, 0.3) is 16.7 Å². The molecule has 0 aliphatic rings. The molecule has 4 aromatic rings. The number of aromatic nitrogens is 4. The summed E-state index contributed by atoms with van der Waals surface area (Å²) in [5, 5.41) is 7.22. The number of fused-ring (bicyclic) bond motifs is 1. The van der Waals surface area contributed by atoms with Crippen molar-refractivity contribution in [2.24, 2.45) is 0 Å². The number of amides is 1. The lowest BCUT2D eigenvalue weighted by Crippen LogP contribution is -2.25. The van der Waals surface area contributed by atoms with E-state index < -0.39 is 17.2 Å². The van der Waals surface area contributed by atoms with Crippen LogP contribution >= 0.6 is 0 Å². The maximum atomic E-state index is 14.4. The number of Topliss-reactive ketones (excluding diaryl/α,β-unsaturated/α-hetero) is 1. The third-order valence-electron chi connectivity index (χ3n) is 5.46. The van der Waals surface area contributed by atoms with Crippen molar-refractivity contribution in [3.63, 3.8) is 0 Å². The van der Waals surface area contributed by atoms with Crippen molar-refractivity contribution in [3.8, 4) is 5.69 Å². The lowest BCUT2D eigenvalue weighted by atomic mass is 10.1. The van der Waals surface area contributed by atoms with Crippen molar-refractivity contribution in [2.45, 2.75) is 33.7 Å². The zero-order chi connectivity index (χ0) is 24.4. The fraction of sp³-hybridized carbons (Fsp3) is 0.240. The predicted molar refractivity (Wildman–Crippen MR) is 126 cm³/mol. The molecule has 4 rings (SSSR count). The number of carbonyl (C=O) groups is 2. The number of rotatable bonds is 7.